The van der Waals surface area contributed by atoms with Crippen molar-refractivity contribution in [2.45, 2.75) is 35.3 Å². The van der Waals surface area contributed by atoms with Crippen LogP contribution in [0, 0.1) is 11.8 Å². The molecule has 4 heterocycles. The molecule has 5 atom stereocenters. The second-order valence-electron chi connectivity index (χ2n) is 10.7. The molecule has 4 aliphatic heterocycles. The van der Waals surface area contributed by atoms with Crippen LogP contribution in [-0.2, 0) is 14.4 Å². The number of carbonyl (C=O) groups excluding carboxylic acids is 3. The van der Waals surface area contributed by atoms with Gasteiger partial charge in [0.2, 0.25) is 11.8 Å². The lowest BCUT2D eigenvalue weighted by Gasteiger charge is -2.35. The van der Waals surface area contributed by atoms with Gasteiger partial charge >= 0.3 is 0 Å². The summed E-state index contributed by atoms with van der Waals surface area (Å²) in [6.45, 7) is 1.48. The van der Waals surface area contributed by atoms with Crippen molar-refractivity contribution in [2.24, 2.45) is 11.8 Å². The summed E-state index contributed by atoms with van der Waals surface area (Å²) in [7, 11) is 1.78. The molecule has 6 rings (SSSR count). The maximum atomic E-state index is 14.5. The Bertz CT molecular complexity index is 1340. The molecule has 1 spiro atoms. The fraction of sp³-hybridized carbons (Fsp3) is 0.433. The van der Waals surface area contributed by atoms with E-state index in [1.165, 1.54) is 0 Å². The quantitative estimate of drug-likeness (QED) is 0.457. The Morgan fingerprint density at radius 3 is 2.58 bits per heavy atom. The SMILES string of the molecule is CN1CC=C[C@H]2S[C@]34C=CCN(c5ccc6ccccc6c5)C(=O)C3N(CCCCCO)C(=O)[C@@H]4[C@H]2C1=O. The van der Waals surface area contributed by atoms with Crippen LogP contribution in [0.2, 0.25) is 0 Å². The molecular weight excluding hydrogens is 498 g/mol. The maximum absolute atomic E-state index is 14.5. The molecule has 0 radical (unpaired) electrons. The van der Waals surface area contributed by atoms with Crippen LogP contribution in [0.15, 0.2) is 66.8 Å². The summed E-state index contributed by atoms with van der Waals surface area (Å²) in [5.74, 6) is -1.31. The normalized spacial score (nSPS) is 30.5. The number of unbranched alkanes of at least 4 members (excludes halogenated alkanes) is 2. The number of nitrogens with zero attached hydrogens (tertiary/aromatic N) is 3. The van der Waals surface area contributed by atoms with Crippen LogP contribution in [0.1, 0.15) is 19.3 Å². The summed E-state index contributed by atoms with van der Waals surface area (Å²) in [6, 6.07) is 13.4. The van der Waals surface area contributed by atoms with E-state index in [0.717, 1.165) is 22.9 Å². The summed E-state index contributed by atoms with van der Waals surface area (Å²) in [5.41, 5.74) is 0.805. The Kier molecular flexibility index (Phi) is 6.56. The van der Waals surface area contributed by atoms with Crippen molar-refractivity contribution in [1.82, 2.24) is 9.80 Å². The molecule has 4 aliphatic rings. The fourth-order valence-electron chi connectivity index (χ4n) is 6.65. The van der Waals surface area contributed by atoms with Gasteiger partial charge in [0.15, 0.2) is 0 Å². The first kappa shape index (κ1) is 25.2. The van der Waals surface area contributed by atoms with E-state index >= 15 is 0 Å². The van der Waals surface area contributed by atoms with Crippen LogP contribution >= 0.6 is 11.8 Å². The fourth-order valence-corrected chi connectivity index (χ4v) is 8.66. The molecular formula is C30H33N3O4S. The van der Waals surface area contributed by atoms with Gasteiger partial charge in [-0.25, -0.2) is 0 Å². The van der Waals surface area contributed by atoms with Gasteiger partial charge in [0.25, 0.3) is 5.91 Å². The molecule has 0 saturated carbocycles. The molecule has 2 saturated heterocycles. The van der Waals surface area contributed by atoms with Gasteiger partial charge in [-0.2, -0.15) is 0 Å². The lowest BCUT2D eigenvalue weighted by Crippen LogP contribution is -2.53. The van der Waals surface area contributed by atoms with Crippen molar-refractivity contribution >= 4 is 45.9 Å². The zero-order chi connectivity index (χ0) is 26.4. The number of carbonyl (C=O) groups is 3. The van der Waals surface area contributed by atoms with Crippen molar-refractivity contribution < 1.29 is 19.5 Å². The van der Waals surface area contributed by atoms with Gasteiger partial charge in [-0.3, -0.25) is 14.4 Å². The lowest BCUT2D eigenvalue weighted by atomic mass is 9.78. The number of likely N-dealkylation sites (tertiary alicyclic amines) is 1. The second-order valence-corrected chi connectivity index (χ2v) is 12.2. The number of thioether (sulfide) groups is 1. The zero-order valence-corrected chi connectivity index (χ0v) is 22.3. The number of rotatable bonds is 6. The van der Waals surface area contributed by atoms with E-state index in [9.17, 15) is 19.5 Å². The largest absolute Gasteiger partial charge is 0.396 e. The number of anilines is 1. The van der Waals surface area contributed by atoms with E-state index in [2.05, 4.69) is 12.2 Å². The lowest BCUT2D eigenvalue weighted by molar-refractivity contribution is -0.142. The second kappa shape index (κ2) is 9.89. The third-order valence-electron chi connectivity index (χ3n) is 8.46. The Morgan fingerprint density at radius 1 is 0.947 bits per heavy atom. The van der Waals surface area contributed by atoms with Crippen molar-refractivity contribution in [2.75, 3.05) is 38.2 Å². The number of hydrogen-bond acceptors (Lipinski definition) is 5. The van der Waals surface area contributed by atoms with Crippen molar-refractivity contribution in [3.8, 4) is 0 Å². The highest BCUT2D eigenvalue weighted by Crippen LogP contribution is 2.61. The van der Waals surface area contributed by atoms with E-state index in [1.807, 2.05) is 54.6 Å². The van der Waals surface area contributed by atoms with Crippen LogP contribution in [-0.4, -0.2) is 82.0 Å². The third kappa shape index (κ3) is 3.88. The average Bonchev–Trinajstić information content (AvgIpc) is 3.24. The summed E-state index contributed by atoms with van der Waals surface area (Å²) in [4.78, 5) is 47.4. The molecule has 0 aliphatic carbocycles. The number of hydrogen-bond donors (Lipinski definition) is 1. The van der Waals surface area contributed by atoms with Gasteiger partial charge < -0.3 is 19.8 Å². The number of fused-ring (bicyclic) bond motifs is 3. The highest BCUT2D eigenvalue weighted by molar-refractivity contribution is 8.02. The first-order valence-corrected chi connectivity index (χ1v) is 14.3. The third-order valence-corrected chi connectivity index (χ3v) is 10.2. The number of amides is 3. The molecule has 198 valence electrons. The molecule has 2 aromatic rings. The van der Waals surface area contributed by atoms with Crippen LogP contribution in [0.4, 0.5) is 5.69 Å². The predicted octanol–water partition coefficient (Wildman–Crippen LogP) is 3.23. The highest BCUT2D eigenvalue weighted by Gasteiger charge is 2.70. The van der Waals surface area contributed by atoms with Crippen molar-refractivity contribution in [3.05, 3.63) is 66.8 Å². The molecule has 0 bridgehead atoms. The predicted molar refractivity (Wildman–Crippen MR) is 150 cm³/mol. The Labute approximate surface area is 227 Å². The monoisotopic (exact) mass is 531 g/mol. The Balaban J connectivity index is 1.42. The molecule has 8 heteroatoms. The number of aliphatic hydroxyl groups excluding tert-OH is 1. The van der Waals surface area contributed by atoms with Crippen LogP contribution in [0.3, 0.4) is 0 Å². The van der Waals surface area contributed by atoms with E-state index in [1.54, 1.807) is 33.5 Å². The van der Waals surface area contributed by atoms with E-state index < -0.39 is 22.6 Å². The summed E-state index contributed by atoms with van der Waals surface area (Å²) in [5, 5.41) is 11.3. The number of benzene rings is 2. The summed E-state index contributed by atoms with van der Waals surface area (Å²) < 4.78 is -0.801. The number of aliphatic hydroxyl groups is 1. The first-order chi connectivity index (χ1) is 18.5. The number of likely N-dealkylation sites (N-methyl/N-ethyl adjacent to an activating group) is 1. The smallest absolute Gasteiger partial charge is 0.251 e. The minimum absolute atomic E-state index is 0.0277. The Morgan fingerprint density at radius 2 is 1.76 bits per heavy atom. The zero-order valence-electron chi connectivity index (χ0n) is 21.5. The summed E-state index contributed by atoms with van der Waals surface area (Å²) >= 11 is 1.61. The van der Waals surface area contributed by atoms with Crippen molar-refractivity contribution in [1.29, 1.82) is 0 Å². The molecule has 2 fully saturated rings. The van der Waals surface area contributed by atoms with Gasteiger partial charge in [-0.15, -0.1) is 11.8 Å². The molecule has 0 aromatic heterocycles. The molecule has 2 aromatic carbocycles. The van der Waals surface area contributed by atoms with Crippen LogP contribution in [0.25, 0.3) is 10.8 Å². The Hall–Kier alpha value is -3.10. The van der Waals surface area contributed by atoms with Crippen LogP contribution in [0.5, 0.6) is 0 Å². The van der Waals surface area contributed by atoms with Gasteiger partial charge in [-0.1, -0.05) is 54.6 Å². The van der Waals surface area contributed by atoms with Gasteiger partial charge in [0.05, 0.1) is 16.6 Å². The molecule has 1 N–H and O–H groups in total. The van der Waals surface area contributed by atoms with Gasteiger partial charge in [0, 0.05) is 44.2 Å². The molecule has 1 unspecified atom stereocenters. The van der Waals surface area contributed by atoms with E-state index in [-0.39, 0.29) is 29.6 Å². The van der Waals surface area contributed by atoms with E-state index in [0.29, 0.717) is 32.5 Å². The van der Waals surface area contributed by atoms with Crippen LogP contribution < -0.4 is 4.90 Å². The van der Waals surface area contributed by atoms with Gasteiger partial charge in [0.1, 0.15) is 6.04 Å². The maximum Gasteiger partial charge on any atom is 0.251 e. The first-order valence-electron chi connectivity index (χ1n) is 13.4. The minimum atomic E-state index is -0.801. The standard InChI is InChI=1S/C30H33N3O4S/c1-31-15-7-11-23-24(27(31)35)25-28(36)33(16-5-2-6-18-34)26-29(37)32(17-8-14-30(25,26)38-23)22-13-12-20-9-3-4-10-21(20)19-22/h3-4,7-14,19,23-26,34H,2,5-6,15-18H2,1H3/t23-,24+,25+,26?,30+/m1/s1. The molecule has 7 nitrogen and oxygen atoms in total. The van der Waals surface area contributed by atoms with E-state index in [4.69, 9.17) is 0 Å². The topological polar surface area (TPSA) is 81.2 Å². The minimum Gasteiger partial charge on any atom is -0.396 e. The molecule has 3 amide bonds. The summed E-state index contributed by atoms with van der Waals surface area (Å²) in [6.07, 6.45) is 10.3. The average molecular weight is 532 g/mol. The van der Waals surface area contributed by atoms with Crippen molar-refractivity contribution in [3.63, 3.8) is 0 Å². The van der Waals surface area contributed by atoms with Gasteiger partial charge in [-0.05, 0) is 42.2 Å². The highest BCUT2D eigenvalue weighted by atomic mass is 32.2. The molecule has 38 heavy (non-hydrogen) atoms.